The first kappa shape index (κ1) is 23.9. The van der Waals surface area contributed by atoms with Crippen LogP contribution >= 0.6 is 11.6 Å². The summed E-state index contributed by atoms with van der Waals surface area (Å²) in [5, 5.41) is 0.508. The van der Waals surface area contributed by atoms with Crippen LogP contribution in [0.25, 0.3) is 0 Å². The molecule has 3 amide bonds. The summed E-state index contributed by atoms with van der Waals surface area (Å²) in [6.07, 6.45) is 0. The molecule has 0 spiro atoms. The summed E-state index contributed by atoms with van der Waals surface area (Å²) in [6, 6.07) is 12.2. The zero-order valence-corrected chi connectivity index (χ0v) is 19.7. The van der Waals surface area contributed by atoms with Gasteiger partial charge in [0.05, 0.1) is 4.90 Å². The number of carbonyl (C=O) groups excluding carboxylic acids is 2. The van der Waals surface area contributed by atoms with E-state index in [4.69, 9.17) is 11.6 Å². The van der Waals surface area contributed by atoms with Gasteiger partial charge in [0.1, 0.15) is 0 Å². The smallest absolute Gasteiger partial charge is 0.320 e. The number of sulfonamides is 1. The van der Waals surface area contributed by atoms with E-state index >= 15 is 0 Å². The second-order valence-corrected chi connectivity index (χ2v) is 9.49. The molecular weight excluding hydrogens is 452 g/mol. The fourth-order valence-electron chi connectivity index (χ4n) is 3.49. The summed E-state index contributed by atoms with van der Waals surface area (Å²) >= 11 is 5.83. The van der Waals surface area contributed by atoms with Gasteiger partial charge >= 0.3 is 6.03 Å². The van der Waals surface area contributed by atoms with Crippen molar-refractivity contribution in [1.82, 2.24) is 14.7 Å². The molecule has 172 valence electrons. The first-order valence-corrected chi connectivity index (χ1v) is 12.3. The first-order chi connectivity index (χ1) is 15.2. The molecule has 2 aromatic carbocycles. The van der Waals surface area contributed by atoms with Crippen molar-refractivity contribution in [2.24, 2.45) is 0 Å². The molecule has 0 aliphatic carbocycles. The maximum absolute atomic E-state index is 12.8. The van der Waals surface area contributed by atoms with Crippen molar-refractivity contribution in [2.75, 3.05) is 44.0 Å². The van der Waals surface area contributed by atoms with E-state index in [-0.39, 0.29) is 16.8 Å². The van der Waals surface area contributed by atoms with Gasteiger partial charge in [-0.2, -0.15) is 0 Å². The molecule has 3 rings (SSSR count). The number of hydrogen-bond acceptors (Lipinski definition) is 4. The average Bonchev–Trinajstić information content (AvgIpc) is 2.81. The molecule has 8 nitrogen and oxygen atoms in total. The Labute approximate surface area is 193 Å². The molecule has 10 heteroatoms. The number of hydrogen-bond donors (Lipinski definition) is 1. The van der Waals surface area contributed by atoms with Crippen LogP contribution in [0, 0.1) is 0 Å². The van der Waals surface area contributed by atoms with E-state index in [9.17, 15) is 18.0 Å². The molecule has 1 aliphatic heterocycles. The van der Waals surface area contributed by atoms with Crippen LogP contribution < -0.4 is 4.72 Å². The minimum atomic E-state index is -3.79. The fraction of sp³-hybridized carbons (Fsp3) is 0.364. The Morgan fingerprint density at radius 2 is 1.44 bits per heavy atom. The quantitative estimate of drug-likeness (QED) is 0.689. The van der Waals surface area contributed by atoms with Crippen molar-refractivity contribution in [3.05, 3.63) is 59.1 Å². The van der Waals surface area contributed by atoms with Crippen molar-refractivity contribution in [2.45, 2.75) is 18.7 Å². The minimum Gasteiger partial charge on any atom is -0.335 e. The molecule has 32 heavy (non-hydrogen) atoms. The van der Waals surface area contributed by atoms with E-state index < -0.39 is 10.0 Å². The molecule has 1 saturated heterocycles. The Morgan fingerprint density at radius 3 is 1.97 bits per heavy atom. The van der Waals surface area contributed by atoms with Crippen molar-refractivity contribution in [1.29, 1.82) is 0 Å². The van der Waals surface area contributed by atoms with Gasteiger partial charge in [-0.3, -0.25) is 9.52 Å². The topological polar surface area (TPSA) is 90.0 Å². The molecule has 1 fully saturated rings. The number of urea groups is 1. The van der Waals surface area contributed by atoms with Crippen LogP contribution in [0.15, 0.2) is 53.4 Å². The SMILES string of the molecule is CCN(CC)C(=O)N1CCN(C(=O)c2ccc(S(=O)(=O)Nc3ccc(Cl)cc3)cc2)CC1. The minimum absolute atomic E-state index is 0.00940. The van der Waals surface area contributed by atoms with Crippen LogP contribution in [0.1, 0.15) is 24.2 Å². The molecule has 1 heterocycles. The third-order valence-electron chi connectivity index (χ3n) is 5.38. The van der Waals surface area contributed by atoms with Crippen LogP contribution in [0.2, 0.25) is 5.02 Å². The van der Waals surface area contributed by atoms with E-state index in [0.717, 1.165) is 0 Å². The number of halogens is 1. The van der Waals surface area contributed by atoms with Gasteiger partial charge in [-0.1, -0.05) is 11.6 Å². The van der Waals surface area contributed by atoms with Gasteiger partial charge in [-0.05, 0) is 62.4 Å². The van der Waals surface area contributed by atoms with Crippen molar-refractivity contribution < 1.29 is 18.0 Å². The van der Waals surface area contributed by atoms with Crippen LogP contribution in [0.5, 0.6) is 0 Å². The van der Waals surface area contributed by atoms with E-state index in [1.165, 1.54) is 24.3 Å². The Morgan fingerprint density at radius 1 is 0.906 bits per heavy atom. The fourth-order valence-corrected chi connectivity index (χ4v) is 4.67. The second kappa shape index (κ2) is 10.2. The van der Waals surface area contributed by atoms with Crippen LogP contribution in [-0.4, -0.2) is 74.3 Å². The van der Waals surface area contributed by atoms with E-state index in [1.54, 1.807) is 39.0 Å². The van der Waals surface area contributed by atoms with Crippen LogP contribution in [-0.2, 0) is 10.0 Å². The largest absolute Gasteiger partial charge is 0.335 e. The second-order valence-electron chi connectivity index (χ2n) is 7.37. The highest BCUT2D eigenvalue weighted by Crippen LogP contribution is 2.19. The number of rotatable bonds is 6. The highest BCUT2D eigenvalue weighted by molar-refractivity contribution is 7.92. The highest BCUT2D eigenvalue weighted by atomic mass is 35.5. The zero-order chi connectivity index (χ0) is 23.3. The number of nitrogens with one attached hydrogen (secondary N) is 1. The van der Waals surface area contributed by atoms with Gasteiger partial charge < -0.3 is 14.7 Å². The monoisotopic (exact) mass is 478 g/mol. The van der Waals surface area contributed by atoms with Crippen molar-refractivity contribution >= 4 is 39.2 Å². The molecule has 2 aromatic rings. The van der Waals surface area contributed by atoms with E-state index in [2.05, 4.69) is 4.72 Å². The number of nitrogens with zero attached hydrogens (tertiary/aromatic N) is 3. The molecular formula is C22H27ClN4O4S. The number of amides is 3. The summed E-state index contributed by atoms with van der Waals surface area (Å²) in [5.41, 5.74) is 0.797. The third-order valence-corrected chi connectivity index (χ3v) is 7.03. The van der Waals surface area contributed by atoms with Crippen molar-refractivity contribution in [3.63, 3.8) is 0 Å². The Kier molecular flexibility index (Phi) is 7.63. The standard InChI is InChI=1S/C22H27ClN4O4S/c1-3-25(4-2)22(29)27-15-13-26(14-16-27)21(28)17-5-11-20(12-6-17)32(30,31)24-19-9-7-18(23)8-10-19/h5-12,24H,3-4,13-16H2,1-2H3. The highest BCUT2D eigenvalue weighted by Gasteiger charge is 2.27. The third kappa shape index (κ3) is 5.52. The molecule has 0 radical (unpaired) electrons. The lowest BCUT2D eigenvalue weighted by Gasteiger charge is -2.37. The summed E-state index contributed by atoms with van der Waals surface area (Å²) in [6.45, 7) is 6.99. The van der Waals surface area contributed by atoms with Gasteiger partial charge in [0.2, 0.25) is 0 Å². The van der Waals surface area contributed by atoms with Crippen LogP contribution in [0.4, 0.5) is 10.5 Å². The molecule has 1 aliphatic rings. The lowest BCUT2D eigenvalue weighted by molar-refractivity contribution is 0.0641. The van der Waals surface area contributed by atoms with E-state index in [0.29, 0.717) is 55.5 Å². The normalized spacial score (nSPS) is 14.2. The number of carbonyl (C=O) groups is 2. The summed E-state index contributed by atoms with van der Waals surface area (Å²) in [4.78, 5) is 30.6. The Hall–Kier alpha value is -2.78. The summed E-state index contributed by atoms with van der Waals surface area (Å²) in [5.74, 6) is -0.186. The van der Waals surface area contributed by atoms with E-state index in [1.807, 2.05) is 13.8 Å². The molecule has 0 aromatic heterocycles. The Bertz CT molecular complexity index is 1050. The summed E-state index contributed by atoms with van der Waals surface area (Å²) < 4.78 is 27.7. The van der Waals surface area contributed by atoms with Gasteiger partial charge in [-0.15, -0.1) is 0 Å². The first-order valence-electron chi connectivity index (χ1n) is 10.5. The average molecular weight is 479 g/mol. The predicted octanol–water partition coefficient (Wildman–Crippen LogP) is 3.36. The Balaban J connectivity index is 1.62. The number of benzene rings is 2. The lowest BCUT2D eigenvalue weighted by Crippen LogP contribution is -2.54. The van der Waals surface area contributed by atoms with Gasteiger partial charge in [-0.25, -0.2) is 13.2 Å². The predicted molar refractivity (Wildman–Crippen MR) is 124 cm³/mol. The van der Waals surface area contributed by atoms with Gasteiger partial charge in [0.15, 0.2) is 0 Å². The molecule has 1 N–H and O–H groups in total. The lowest BCUT2D eigenvalue weighted by atomic mass is 10.2. The molecule has 0 saturated carbocycles. The molecule has 0 unspecified atom stereocenters. The maximum Gasteiger partial charge on any atom is 0.320 e. The molecule has 0 bridgehead atoms. The van der Waals surface area contributed by atoms with Gasteiger partial charge in [0.25, 0.3) is 15.9 Å². The number of piperazine rings is 1. The van der Waals surface area contributed by atoms with Gasteiger partial charge in [0, 0.05) is 55.5 Å². The zero-order valence-electron chi connectivity index (χ0n) is 18.1. The number of anilines is 1. The van der Waals surface area contributed by atoms with Crippen LogP contribution in [0.3, 0.4) is 0 Å². The summed E-state index contributed by atoms with van der Waals surface area (Å²) in [7, 11) is -3.79. The van der Waals surface area contributed by atoms with Crippen molar-refractivity contribution in [3.8, 4) is 0 Å². The maximum atomic E-state index is 12.8. The molecule has 0 atom stereocenters.